The molecule has 6 nitrogen and oxygen atoms in total. The molecule has 7 heteroatoms. The van der Waals surface area contributed by atoms with E-state index in [4.69, 9.17) is 9.47 Å². The third-order valence-electron chi connectivity index (χ3n) is 3.49. The average molecular weight is 359 g/mol. The van der Waals surface area contributed by atoms with Gasteiger partial charge in [0.25, 0.3) is 15.9 Å². The van der Waals surface area contributed by atoms with Gasteiger partial charge >= 0.3 is 0 Å². The van der Waals surface area contributed by atoms with Crippen LogP contribution in [0.5, 0.6) is 11.5 Å². The minimum Gasteiger partial charge on any atom is -0.490 e. The van der Waals surface area contributed by atoms with Crippen LogP contribution < -0.4 is 14.2 Å². The first-order valence-corrected chi connectivity index (χ1v) is 9.22. The second-order valence-electron chi connectivity index (χ2n) is 5.37. The van der Waals surface area contributed by atoms with E-state index in [0.717, 1.165) is 6.42 Å². The largest absolute Gasteiger partial charge is 0.490 e. The van der Waals surface area contributed by atoms with Crippen LogP contribution in [0.3, 0.4) is 0 Å². The Morgan fingerprint density at radius 3 is 2.48 bits per heavy atom. The molecule has 1 aliphatic heterocycles. The fourth-order valence-corrected chi connectivity index (χ4v) is 3.25. The number of carbonyl (C=O) groups is 1. The van der Waals surface area contributed by atoms with Crippen LogP contribution in [0.25, 0.3) is 6.08 Å². The summed E-state index contributed by atoms with van der Waals surface area (Å²) in [7, 11) is -3.88. The molecule has 25 heavy (non-hydrogen) atoms. The second-order valence-corrected chi connectivity index (χ2v) is 7.06. The summed E-state index contributed by atoms with van der Waals surface area (Å²) in [5, 5.41) is 0. The van der Waals surface area contributed by atoms with Gasteiger partial charge in [-0.1, -0.05) is 24.3 Å². The van der Waals surface area contributed by atoms with Crippen molar-refractivity contribution in [2.75, 3.05) is 13.2 Å². The van der Waals surface area contributed by atoms with Crippen LogP contribution in [0, 0.1) is 0 Å². The zero-order valence-corrected chi connectivity index (χ0v) is 14.2. The molecule has 0 saturated carbocycles. The maximum Gasteiger partial charge on any atom is 0.264 e. The predicted molar refractivity (Wildman–Crippen MR) is 92.9 cm³/mol. The number of amides is 1. The van der Waals surface area contributed by atoms with E-state index in [1.54, 1.807) is 36.4 Å². The summed E-state index contributed by atoms with van der Waals surface area (Å²) in [4.78, 5) is 12.0. The van der Waals surface area contributed by atoms with E-state index in [-0.39, 0.29) is 4.90 Å². The Kier molecular flexibility index (Phi) is 5.04. The van der Waals surface area contributed by atoms with Crippen molar-refractivity contribution in [2.24, 2.45) is 0 Å². The van der Waals surface area contributed by atoms with E-state index in [0.29, 0.717) is 30.3 Å². The lowest BCUT2D eigenvalue weighted by Crippen LogP contribution is -2.28. The number of sulfonamides is 1. The van der Waals surface area contributed by atoms with Crippen LogP contribution in [0.15, 0.2) is 59.5 Å². The van der Waals surface area contributed by atoms with E-state index in [1.807, 2.05) is 4.72 Å². The Morgan fingerprint density at radius 2 is 1.72 bits per heavy atom. The summed E-state index contributed by atoms with van der Waals surface area (Å²) in [6.45, 7) is 1.16. The molecule has 1 aliphatic rings. The minimum absolute atomic E-state index is 0.0346. The van der Waals surface area contributed by atoms with Crippen molar-refractivity contribution < 1.29 is 22.7 Å². The molecule has 0 unspecified atom stereocenters. The molecular weight excluding hydrogens is 342 g/mol. The van der Waals surface area contributed by atoms with Crippen molar-refractivity contribution in [1.82, 2.24) is 4.72 Å². The average Bonchev–Trinajstić information content (AvgIpc) is 2.85. The van der Waals surface area contributed by atoms with E-state index in [2.05, 4.69) is 0 Å². The lowest BCUT2D eigenvalue weighted by Gasteiger charge is -2.07. The molecule has 1 amide bonds. The molecule has 130 valence electrons. The minimum atomic E-state index is -3.88. The smallest absolute Gasteiger partial charge is 0.264 e. The SMILES string of the molecule is O=C(/C=C/c1ccc2c(c1)OCCCO2)NS(=O)(=O)c1ccccc1. The third-order valence-corrected chi connectivity index (χ3v) is 4.85. The number of hydrogen-bond acceptors (Lipinski definition) is 5. The molecule has 2 aromatic rings. The Bertz CT molecular complexity index is 891. The normalized spacial score (nSPS) is 14.1. The Labute approximate surface area is 146 Å². The van der Waals surface area contributed by atoms with Gasteiger partial charge in [-0.3, -0.25) is 4.79 Å². The Hall–Kier alpha value is -2.80. The first-order chi connectivity index (χ1) is 12.0. The molecule has 0 radical (unpaired) electrons. The zero-order chi connectivity index (χ0) is 17.7. The van der Waals surface area contributed by atoms with Crippen molar-refractivity contribution in [1.29, 1.82) is 0 Å². The first kappa shape index (κ1) is 17.0. The van der Waals surface area contributed by atoms with Gasteiger partial charge in [0.1, 0.15) is 0 Å². The number of carbonyl (C=O) groups excluding carboxylic acids is 1. The Morgan fingerprint density at radius 1 is 1.00 bits per heavy atom. The lowest BCUT2D eigenvalue weighted by atomic mass is 10.2. The number of ether oxygens (including phenoxy) is 2. The molecule has 0 aliphatic carbocycles. The molecule has 0 bridgehead atoms. The molecule has 0 atom stereocenters. The number of rotatable bonds is 4. The van der Waals surface area contributed by atoms with Crippen LogP contribution in [0.4, 0.5) is 0 Å². The molecule has 0 spiro atoms. The van der Waals surface area contributed by atoms with Gasteiger partial charge in [-0.2, -0.15) is 0 Å². The summed E-state index contributed by atoms with van der Waals surface area (Å²) in [6, 6.07) is 13.0. The quantitative estimate of drug-likeness (QED) is 0.848. The van der Waals surface area contributed by atoms with Crippen LogP contribution >= 0.6 is 0 Å². The second kappa shape index (κ2) is 7.40. The van der Waals surface area contributed by atoms with Gasteiger partial charge in [0.2, 0.25) is 0 Å². The maximum atomic E-state index is 12.1. The highest BCUT2D eigenvalue weighted by Gasteiger charge is 2.15. The highest BCUT2D eigenvalue weighted by atomic mass is 32.2. The third kappa shape index (κ3) is 4.39. The highest BCUT2D eigenvalue weighted by Crippen LogP contribution is 2.30. The van der Waals surface area contributed by atoms with Gasteiger partial charge in [-0.05, 0) is 35.9 Å². The van der Waals surface area contributed by atoms with Gasteiger partial charge in [0, 0.05) is 12.5 Å². The van der Waals surface area contributed by atoms with Crippen molar-refractivity contribution in [3.8, 4) is 11.5 Å². The van der Waals surface area contributed by atoms with E-state index < -0.39 is 15.9 Å². The van der Waals surface area contributed by atoms with Gasteiger partial charge in [0.15, 0.2) is 11.5 Å². The highest BCUT2D eigenvalue weighted by molar-refractivity contribution is 7.90. The topological polar surface area (TPSA) is 81.7 Å². The summed E-state index contributed by atoms with van der Waals surface area (Å²) in [5.74, 6) is 0.540. The fourth-order valence-electron chi connectivity index (χ4n) is 2.28. The van der Waals surface area contributed by atoms with E-state index in [9.17, 15) is 13.2 Å². The van der Waals surface area contributed by atoms with Gasteiger partial charge in [0.05, 0.1) is 18.1 Å². The van der Waals surface area contributed by atoms with Crippen LogP contribution in [0.1, 0.15) is 12.0 Å². The van der Waals surface area contributed by atoms with Crippen molar-refractivity contribution in [3.05, 3.63) is 60.2 Å². The standard InChI is InChI=1S/C18H17NO5S/c20-18(19-25(21,22)15-5-2-1-3-6-15)10-8-14-7-9-16-17(13-14)24-12-4-11-23-16/h1-3,5-10,13H,4,11-12H2,(H,19,20)/b10-8+. The van der Waals surface area contributed by atoms with Crippen LogP contribution in [-0.4, -0.2) is 27.5 Å². The summed E-state index contributed by atoms with van der Waals surface area (Å²) in [6.07, 6.45) is 3.49. The first-order valence-electron chi connectivity index (χ1n) is 7.74. The van der Waals surface area contributed by atoms with Crippen molar-refractivity contribution in [3.63, 3.8) is 0 Å². The molecule has 3 rings (SSSR count). The van der Waals surface area contributed by atoms with Crippen molar-refractivity contribution in [2.45, 2.75) is 11.3 Å². The van der Waals surface area contributed by atoms with E-state index >= 15 is 0 Å². The number of hydrogen-bond donors (Lipinski definition) is 1. The molecule has 0 fully saturated rings. The number of benzene rings is 2. The number of fused-ring (bicyclic) bond motifs is 1. The molecule has 0 aromatic heterocycles. The monoisotopic (exact) mass is 359 g/mol. The molecule has 1 heterocycles. The Balaban J connectivity index is 1.70. The van der Waals surface area contributed by atoms with Gasteiger partial charge in [-0.25, -0.2) is 13.1 Å². The number of nitrogens with one attached hydrogen (secondary N) is 1. The van der Waals surface area contributed by atoms with Gasteiger partial charge in [-0.15, -0.1) is 0 Å². The molecule has 1 N–H and O–H groups in total. The summed E-state index contributed by atoms with van der Waals surface area (Å²) >= 11 is 0. The predicted octanol–water partition coefficient (Wildman–Crippen LogP) is 2.37. The summed E-state index contributed by atoms with van der Waals surface area (Å²) < 4.78 is 37.3. The fraction of sp³-hybridized carbons (Fsp3) is 0.167. The zero-order valence-electron chi connectivity index (χ0n) is 13.3. The molecular formula is C18H17NO5S. The van der Waals surface area contributed by atoms with Crippen LogP contribution in [-0.2, 0) is 14.8 Å². The molecule has 0 saturated heterocycles. The maximum absolute atomic E-state index is 12.1. The van der Waals surface area contributed by atoms with Gasteiger partial charge < -0.3 is 9.47 Å². The summed E-state index contributed by atoms with van der Waals surface area (Å²) in [5.41, 5.74) is 0.705. The molecule has 2 aromatic carbocycles. The lowest BCUT2D eigenvalue weighted by molar-refractivity contribution is -0.114. The van der Waals surface area contributed by atoms with Crippen molar-refractivity contribution >= 4 is 22.0 Å². The van der Waals surface area contributed by atoms with Crippen LogP contribution in [0.2, 0.25) is 0 Å². The van der Waals surface area contributed by atoms with E-state index in [1.165, 1.54) is 24.3 Å².